The molecule has 134 valence electrons. The molecule has 1 aromatic heterocycles. The Kier molecular flexibility index (Phi) is 4.15. The van der Waals surface area contributed by atoms with Crippen LogP contribution < -0.4 is 4.74 Å². The van der Waals surface area contributed by atoms with Crippen molar-refractivity contribution in [1.82, 2.24) is 4.98 Å². The summed E-state index contributed by atoms with van der Waals surface area (Å²) in [6.07, 6.45) is 0.862. The van der Waals surface area contributed by atoms with Gasteiger partial charge >= 0.3 is 0 Å². The largest absolute Gasteiger partial charge is 0.489 e. The predicted octanol–water partition coefficient (Wildman–Crippen LogP) is 5.41. The van der Waals surface area contributed by atoms with Crippen molar-refractivity contribution in [2.75, 3.05) is 6.61 Å². The van der Waals surface area contributed by atoms with Crippen molar-refractivity contribution < 1.29 is 9.47 Å². The molecule has 5 rings (SSSR count). The van der Waals surface area contributed by atoms with E-state index in [-0.39, 0.29) is 6.10 Å². The molecule has 3 aromatic carbocycles. The molecule has 0 radical (unpaired) electrons. The zero-order valence-corrected chi connectivity index (χ0v) is 15.0. The molecule has 1 aliphatic rings. The molecule has 0 aliphatic carbocycles. The summed E-state index contributed by atoms with van der Waals surface area (Å²) in [4.78, 5) is 3.58. The minimum atomic E-state index is -0.0820. The molecule has 0 amide bonds. The molecule has 1 aliphatic heterocycles. The van der Waals surface area contributed by atoms with Crippen molar-refractivity contribution in [2.24, 2.45) is 0 Å². The first-order valence-corrected chi connectivity index (χ1v) is 9.36. The second-order valence-corrected chi connectivity index (χ2v) is 6.91. The maximum atomic E-state index is 6.15. The summed E-state index contributed by atoms with van der Waals surface area (Å²) in [5, 5.41) is 1.30. The minimum absolute atomic E-state index is 0.0820. The Labute approximate surface area is 158 Å². The molecule has 3 nitrogen and oxygen atoms in total. The molecule has 0 unspecified atom stereocenters. The number of para-hydroxylation sites is 1. The fraction of sp³-hybridized carbons (Fsp3) is 0.167. The van der Waals surface area contributed by atoms with Crippen LogP contribution in [0.5, 0.6) is 5.75 Å². The van der Waals surface area contributed by atoms with Crippen LogP contribution in [0.1, 0.15) is 28.5 Å². The maximum absolute atomic E-state index is 6.15. The molecule has 2 heterocycles. The third kappa shape index (κ3) is 3.11. The van der Waals surface area contributed by atoms with E-state index in [1.54, 1.807) is 0 Å². The Bertz CT molecular complexity index is 1070. The summed E-state index contributed by atoms with van der Waals surface area (Å²) in [5.74, 6) is 0.864. The first-order chi connectivity index (χ1) is 13.4. The van der Waals surface area contributed by atoms with Crippen LogP contribution in [0.4, 0.5) is 0 Å². The summed E-state index contributed by atoms with van der Waals surface area (Å²) in [5.41, 5.74) is 6.00. The summed E-state index contributed by atoms with van der Waals surface area (Å²) in [6.45, 7) is 1.29. The smallest absolute Gasteiger partial charge is 0.123 e. The highest BCUT2D eigenvalue weighted by molar-refractivity contribution is 5.85. The highest BCUT2D eigenvalue weighted by Crippen LogP contribution is 2.37. The van der Waals surface area contributed by atoms with E-state index in [0.717, 1.165) is 29.9 Å². The molecular weight excluding hydrogens is 334 g/mol. The van der Waals surface area contributed by atoms with Crippen molar-refractivity contribution in [3.8, 4) is 5.75 Å². The van der Waals surface area contributed by atoms with Gasteiger partial charge in [-0.2, -0.15) is 0 Å². The van der Waals surface area contributed by atoms with E-state index in [0.29, 0.717) is 6.61 Å². The van der Waals surface area contributed by atoms with Crippen LogP contribution in [-0.2, 0) is 17.8 Å². The van der Waals surface area contributed by atoms with E-state index in [2.05, 4.69) is 53.5 Å². The summed E-state index contributed by atoms with van der Waals surface area (Å²) in [6, 6.07) is 26.9. The Morgan fingerprint density at radius 2 is 1.78 bits per heavy atom. The Balaban J connectivity index is 1.44. The first kappa shape index (κ1) is 16.2. The highest BCUT2D eigenvalue weighted by atomic mass is 16.5. The van der Waals surface area contributed by atoms with Gasteiger partial charge in [-0.05, 0) is 41.3 Å². The number of ether oxygens (including phenoxy) is 2. The van der Waals surface area contributed by atoms with Crippen molar-refractivity contribution >= 4 is 10.9 Å². The lowest BCUT2D eigenvalue weighted by molar-refractivity contribution is 0.0675. The van der Waals surface area contributed by atoms with Gasteiger partial charge in [0, 0.05) is 10.9 Å². The van der Waals surface area contributed by atoms with Crippen LogP contribution in [0, 0.1) is 0 Å². The molecule has 0 saturated heterocycles. The van der Waals surface area contributed by atoms with Crippen LogP contribution in [0.2, 0.25) is 0 Å². The Morgan fingerprint density at radius 1 is 0.926 bits per heavy atom. The summed E-state index contributed by atoms with van der Waals surface area (Å²) < 4.78 is 12.2. The highest BCUT2D eigenvalue weighted by Gasteiger charge is 2.26. The molecule has 4 aromatic rings. The number of hydrogen-bond acceptors (Lipinski definition) is 2. The van der Waals surface area contributed by atoms with Crippen LogP contribution in [0.15, 0.2) is 78.9 Å². The van der Waals surface area contributed by atoms with Crippen LogP contribution in [0.3, 0.4) is 0 Å². The molecule has 1 N–H and O–H groups in total. The van der Waals surface area contributed by atoms with E-state index in [1.165, 1.54) is 22.2 Å². The lowest BCUT2D eigenvalue weighted by atomic mass is 9.97. The zero-order valence-electron chi connectivity index (χ0n) is 15.0. The topological polar surface area (TPSA) is 34.2 Å². The molecule has 0 bridgehead atoms. The number of benzene rings is 3. The Morgan fingerprint density at radius 3 is 2.70 bits per heavy atom. The number of hydrogen-bond donors (Lipinski definition) is 1. The SMILES string of the molecule is c1ccc(COc2cccc([C@H]3OCCc4c3[nH]c3ccccc43)c2)cc1. The monoisotopic (exact) mass is 355 g/mol. The van der Waals surface area contributed by atoms with Gasteiger partial charge in [-0.3, -0.25) is 0 Å². The van der Waals surface area contributed by atoms with E-state index in [4.69, 9.17) is 9.47 Å². The number of aromatic nitrogens is 1. The van der Waals surface area contributed by atoms with Crippen LogP contribution in [-0.4, -0.2) is 11.6 Å². The standard InChI is InChI=1S/C24H21NO2/c1-2-7-17(8-3-1)16-27-19-10-6-9-18(15-19)24-23-21(13-14-26-24)20-11-4-5-12-22(20)25-23/h1-12,15,24-25H,13-14,16H2/t24-/m1/s1. The van der Waals surface area contributed by atoms with E-state index >= 15 is 0 Å². The lowest BCUT2D eigenvalue weighted by Crippen LogP contribution is -2.16. The van der Waals surface area contributed by atoms with E-state index in [1.807, 2.05) is 30.3 Å². The lowest BCUT2D eigenvalue weighted by Gasteiger charge is -2.24. The molecule has 0 saturated carbocycles. The van der Waals surface area contributed by atoms with Gasteiger partial charge in [0.1, 0.15) is 18.5 Å². The van der Waals surface area contributed by atoms with Crippen LogP contribution >= 0.6 is 0 Å². The number of fused-ring (bicyclic) bond motifs is 3. The molecular formula is C24H21NO2. The predicted molar refractivity (Wildman–Crippen MR) is 107 cm³/mol. The fourth-order valence-electron chi connectivity index (χ4n) is 3.85. The number of rotatable bonds is 4. The van der Waals surface area contributed by atoms with Crippen molar-refractivity contribution in [1.29, 1.82) is 0 Å². The van der Waals surface area contributed by atoms with Gasteiger partial charge in [-0.25, -0.2) is 0 Å². The summed E-state index contributed by atoms with van der Waals surface area (Å²) >= 11 is 0. The molecule has 27 heavy (non-hydrogen) atoms. The van der Waals surface area contributed by atoms with Gasteiger partial charge in [0.2, 0.25) is 0 Å². The van der Waals surface area contributed by atoms with Crippen LogP contribution in [0.25, 0.3) is 10.9 Å². The van der Waals surface area contributed by atoms with Gasteiger partial charge in [0.05, 0.1) is 12.3 Å². The normalized spacial score (nSPS) is 16.2. The molecule has 0 fully saturated rings. The molecule has 0 spiro atoms. The molecule has 3 heteroatoms. The van der Waals surface area contributed by atoms with Gasteiger partial charge in [0.25, 0.3) is 0 Å². The Hall–Kier alpha value is -3.04. The van der Waals surface area contributed by atoms with Gasteiger partial charge in [-0.15, -0.1) is 0 Å². The number of nitrogens with one attached hydrogen (secondary N) is 1. The minimum Gasteiger partial charge on any atom is -0.489 e. The van der Waals surface area contributed by atoms with Crippen molar-refractivity contribution in [3.05, 3.63) is 101 Å². The van der Waals surface area contributed by atoms with Crippen molar-refractivity contribution in [2.45, 2.75) is 19.1 Å². The average molecular weight is 355 g/mol. The van der Waals surface area contributed by atoms with E-state index in [9.17, 15) is 0 Å². The summed E-state index contributed by atoms with van der Waals surface area (Å²) in [7, 11) is 0. The average Bonchev–Trinajstić information content (AvgIpc) is 3.12. The van der Waals surface area contributed by atoms with Gasteiger partial charge in [-0.1, -0.05) is 60.7 Å². The third-order valence-electron chi connectivity index (χ3n) is 5.15. The molecule has 1 atom stereocenters. The van der Waals surface area contributed by atoms with Gasteiger partial charge < -0.3 is 14.5 Å². The first-order valence-electron chi connectivity index (χ1n) is 9.36. The maximum Gasteiger partial charge on any atom is 0.123 e. The van der Waals surface area contributed by atoms with Gasteiger partial charge in [0.15, 0.2) is 0 Å². The van der Waals surface area contributed by atoms with Crippen molar-refractivity contribution in [3.63, 3.8) is 0 Å². The quantitative estimate of drug-likeness (QED) is 0.531. The number of H-pyrrole nitrogens is 1. The third-order valence-corrected chi connectivity index (χ3v) is 5.15. The second kappa shape index (κ2) is 6.93. The fourth-order valence-corrected chi connectivity index (χ4v) is 3.85. The van der Waals surface area contributed by atoms with E-state index < -0.39 is 0 Å². The second-order valence-electron chi connectivity index (χ2n) is 6.91. The zero-order chi connectivity index (χ0) is 18.1. The number of aromatic amines is 1.